The summed E-state index contributed by atoms with van der Waals surface area (Å²) < 4.78 is 47.2. The molecule has 0 spiro atoms. The summed E-state index contributed by atoms with van der Waals surface area (Å²) in [5.74, 6) is -0.717. The van der Waals surface area contributed by atoms with Gasteiger partial charge in [-0.3, -0.25) is 4.79 Å². The van der Waals surface area contributed by atoms with Crippen molar-refractivity contribution in [3.63, 3.8) is 0 Å². The fourth-order valence-electron chi connectivity index (χ4n) is 3.14. The largest absolute Gasteiger partial charge is 0.378 e. The molecule has 1 fully saturated rings. The van der Waals surface area contributed by atoms with Gasteiger partial charge in [-0.15, -0.1) is 0 Å². The van der Waals surface area contributed by atoms with Crippen LogP contribution in [-0.2, 0) is 19.6 Å². The van der Waals surface area contributed by atoms with E-state index in [2.05, 4.69) is 5.32 Å². The predicted molar refractivity (Wildman–Crippen MR) is 99.3 cm³/mol. The Kier molecular flexibility index (Phi) is 5.59. The number of hydrogen-bond acceptors (Lipinski definition) is 4. The maximum Gasteiger partial charge on any atom is 0.244 e. The van der Waals surface area contributed by atoms with Crippen LogP contribution < -0.4 is 5.32 Å². The van der Waals surface area contributed by atoms with Crippen LogP contribution in [0.5, 0.6) is 0 Å². The van der Waals surface area contributed by atoms with E-state index in [4.69, 9.17) is 4.74 Å². The molecular weight excluding hydrogens is 371 g/mol. The number of amides is 1. The maximum atomic E-state index is 13.7. The minimum Gasteiger partial charge on any atom is -0.378 e. The van der Waals surface area contributed by atoms with Crippen LogP contribution in [0.15, 0.2) is 47.4 Å². The van der Waals surface area contributed by atoms with Gasteiger partial charge in [0.2, 0.25) is 15.9 Å². The number of carbonyl (C=O) groups is 1. The third-order valence-electron chi connectivity index (χ3n) is 4.41. The van der Waals surface area contributed by atoms with Crippen molar-refractivity contribution in [2.24, 2.45) is 0 Å². The second-order valence-corrected chi connectivity index (χ2v) is 8.28. The molecule has 1 N–H and O–H groups in total. The first-order chi connectivity index (χ1) is 12.8. The summed E-state index contributed by atoms with van der Waals surface area (Å²) in [4.78, 5) is 11.4. The van der Waals surface area contributed by atoms with E-state index < -0.39 is 21.9 Å². The van der Waals surface area contributed by atoms with E-state index in [9.17, 15) is 17.6 Å². The summed E-state index contributed by atoms with van der Waals surface area (Å²) in [7, 11) is -3.88. The van der Waals surface area contributed by atoms with Crippen LogP contribution >= 0.6 is 0 Å². The molecule has 3 rings (SSSR count). The van der Waals surface area contributed by atoms with E-state index in [-0.39, 0.29) is 30.6 Å². The lowest BCUT2D eigenvalue weighted by molar-refractivity contribution is -0.114. The van der Waals surface area contributed by atoms with Gasteiger partial charge in [0.25, 0.3) is 0 Å². The summed E-state index contributed by atoms with van der Waals surface area (Å²) >= 11 is 0. The molecule has 1 atom stereocenters. The highest BCUT2D eigenvalue weighted by molar-refractivity contribution is 7.89. The number of nitrogens with one attached hydrogen (secondary N) is 1. The number of rotatable bonds is 4. The highest BCUT2D eigenvalue weighted by Crippen LogP contribution is 2.32. The standard InChI is InChI=1S/C19H21FN2O4S/c1-13-6-7-17(21-14(2)23)11-19(13)27(24,25)22-8-9-26-12-18(22)15-4-3-5-16(20)10-15/h3-7,10-11,18H,8-9,12H2,1-2H3,(H,21,23). The summed E-state index contributed by atoms with van der Waals surface area (Å²) in [5.41, 5.74) is 1.50. The maximum absolute atomic E-state index is 13.7. The Labute approximate surface area is 158 Å². The number of aryl methyl sites for hydroxylation is 1. The number of anilines is 1. The number of morpholine rings is 1. The topological polar surface area (TPSA) is 75.7 Å². The molecule has 0 aromatic heterocycles. The zero-order chi connectivity index (χ0) is 19.6. The van der Waals surface area contributed by atoms with Gasteiger partial charge in [-0.05, 0) is 42.3 Å². The van der Waals surface area contributed by atoms with E-state index in [0.717, 1.165) is 0 Å². The molecule has 2 aromatic rings. The SMILES string of the molecule is CC(=O)Nc1ccc(C)c(S(=O)(=O)N2CCOCC2c2cccc(F)c2)c1. The molecule has 1 unspecified atom stereocenters. The first kappa shape index (κ1) is 19.5. The molecule has 1 heterocycles. The van der Waals surface area contributed by atoms with Crippen molar-refractivity contribution in [1.82, 2.24) is 4.31 Å². The second kappa shape index (κ2) is 7.75. The van der Waals surface area contributed by atoms with Gasteiger partial charge in [-0.1, -0.05) is 18.2 Å². The van der Waals surface area contributed by atoms with E-state index in [1.807, 2.05) is 0 Å². The first-order valence-electron chi connectivity index (χ1n) is 8.52. The predicted octanol–water partition coefficient (Wildman–Crippen LogP) is 2.85. The molecule has 1 saturated heterocycles. The molecular formula is C19H21FN2O4S. The van der Waals surface area contributed by atoms with Gasteiger partial charge in [-0.2, -0.15) is 4.31 Å². The molecule has 0 saturated carbocycles. The summed E-state index contributed by atoms with van der Waals surface area (Å²) in [5, 5.41) is 2.60. The van der Waals surface area contributed by atoms with Crippen LogP contribution in [0.3, 0.4) is 0 Å². The van der Waals surface area contributed by atoms with E-state index in [1.165, 1.54) is 29.4 Å². The molecule has 2 aromatic carbocycles. The average molecular weight is 392 g/mol. The zero-order valence-electron chi connectivity index (χ0n) is 15.1. The third-order valence-corrected chi connectivity index (χ3v) is 6.46. The Morgan fingerprint density at radius 3 is 2.74 bits per heavy atom. The van der Waals surface area contributed by atoms with Gasteiger partial charge in [0.05, 0.1) is 24.2 Å². The van der Waals surface area contributed by atoms with Crippen molar-refractivity contribution in [3.05, 3.63) is 59.4 Å². The normalized spacial score (nSPS) is 18.3. The van der Waals surface area contributed by atoms with Gasteiger partial charge in [0.15, 0.2) is 0 Å². The number of benzene rings is 2. The second-order valence-electron chi connectivity index (χ2n) is 6.42. The molecule has 0 bridgehead atoms. The zero-order valence-corrected chi connectivity index (χ0v) is 15.9. The Hall–Kier alpha value is -2.29. The van der Waals surface area contributed by atoms with Crippen LogP contribution in [0.2, 0.25) is 0 Å². The Morgan fingerprint density at radius 1 is 1.26 bits per heavy atom. The molecule has 1 aliphatic heterocycles. The third kappa shape index (κ3) is 4.18. The number of ether oxygens (including phenoxy) is 1. The van der Waals surface area contributed by atoms with Crippen molar-refractivity contribution >= 4 is 21.6 Å². The summed E-state index contributed by atoms with van der Waals surface area (Å²) in [6.45, 7) is 3.62. The van der Waals surface area contributed by atoms with Crippen molar-refractivity contribution in [3.8, 4) is 0 Å². The highest BCUT2D eigenvalue weighted by Gasteiger charge is 2.36. The van der Waals surface area contributed by atoms with Crippen LogP contribution in [0.4, 0.5) is 10.1 Å². The summed E-state index contributed by atoms with van der Waals surface area (Å²) in [6.07, 6.45) is 0. The molecule has 0 radical (unpaired) electrons. The van der Waals surface area contributed by atoms with Crippen LogP contribution in [-0.4, -0.2) is 38.4 Å². The molecule has 6 nitrogen and oxygen atoms in total. The molecule has 8 heteroatoms. The molecule has 27 heavy (non-hydrogen) atoms. The van der Waals surface area contributed by atoms with Gasteiger partial charge in [0, 0.05) is 19.2 Å². The smallest absolute Gasteiger partial charge is 0.244 e. The van der Waals surface area contributed by atoms with Gasteiger partial charge < -0.3 is 10.1 Å². The minimum atomic E-state index is -3.88. The van der Waals surface area contributed by atoms with Gasteiger partial charge in [-0.25, -0.2) is 12.8 Å². The van der Waals surface area contributed by atoms with Crippen LogP contribution in [0.25, 0.3) is 0 Å². The fraction of sp³-hybridized carbons (Fsp3) is 0.316. The molecule has 144 valence electrons. The lowest BCUT2D eigenvalue weighted by atomic mass is 10.1. The number of nitrogens with zero attached hydrogens (tertiary/aromatic N) is 1. The van der Waals surface area contributed by atoms with Crippen molar-refractivity contribution in [2.75, 3.05) is 25.1 Å². The monoisotopic (exact) mass is 392 g/mol. The van der Waals surface area contributed by atoms with Crippen LogP contribution in [0, 0.1) is 12.7 Å². The number of hydrogen-bond donors (Lipinski definition) is 1. The Morgan fingerprint density at radius 2 is 2.04 bits per heavy atom. The Balaban J connectivity index is 2.03. The minimum absolute atomic E-state index is 0.108. The van der Waals surface area contributed by atoms with E-state index in [0.29, 0.717) is 16.8 Å². The van der Waals surface area contributed by atoms with E-state index in [1.54, 1.807) is 31.2 Å². The lowest BCUT2D eigenvalue weighted by Gasteiger charge is -2.35. The van der Waals surface area contributed by atoms with Crippen molar-refractivity contribution in [2.45, 2.75) is 24.8 Å². The Bertz CT molecular complexity index is 962. The molecule has 1 amide bonds. The molecule has 1 aliphatic rings. The van der Waals surface area contributed by atoms with Crippen molar-refractivity contribution in [1.29, 1.82) is 0 Å². The molecule has 0 aliphatic carbocycles. The van der Waals surface area contributed by atoms with E-state index >= 15 is 0 Å². The van der Waals surface area contributed by atoms with Gasteiger partial charge in [0.1, 0.15) is 5.82 Å². The number of halogens is 1. The van der Waals surface area contributed by atoms with Gasteiger partial charge >= 0.3 is 0 Å². The lowest BCUT2D eigenvalue weighted by Crippen LogP contribution is -2.43. The summed E-state index contributed by atoms with van der Waals surface area (Å²) in [6, 6.07) is 10.00. The highest BCUT2D eigenvalue weighted by atomic mass is 32.2. The average Bonchev–Trinajstić information content (AvgIpc) is 2.63. The van der Waals surface area contributed by atoms with Crippen LogP contribution in [0.1, 0.15) is 24.1 Å². The first-order valence-corrected chi connectivity index (χ1v) is 9.96. The van der Waals surface area contributed by atoms with Crippen molar-refractivity contribution < 1.29 is 22.3 Å². The fourth-order valence-corrected chi connectivity index (χ4v) is 4.97. The number of sulfonamides is 1. The quantitative estimate of drug-likeness (QED) is 0.868. The number of carbonyl (C=O) groups excluding carboxylic acids is 1.